The number of hydrogen-bond donors (Lipinski definition) is 2. The van der Waals surface area contributed by atoms with Crippen LogP contribution in [0.15, 0.2) is 46.2 Å². The summed E-state index contributed by atoms with van der Waals surface area (Å²) in [7, 11) is -4.12. The molecule has 41 heavy (non-hydrogen) atoms. The summed E-state index contributed by atoms with van der Waals surface area (Å²) in [5.41, 5.74) is 1.05. The normalized spacial score (nSPS) is 18.0. The van der Waals surface area contributed by atoms with Gasteiger partial charge in [-0.25, -0.2) is 17.6 Å². The molecule has 6 rings (SSSR count). The van der Waals surface area contributed by atoms with E-state index in [1.54, 1.807) is 31.2 Å². The Kier molecular flexibility index (Phi) is 6.85. The zero-order valence-corrected chi connectivity index (χ0v) is 23.4. The summed E-state index contributed by atoms with van der Waals surface area (Å²) in [5, 5.41) is 12.6. The van der Waals surface area contributed by atoms with Crippen LogP contribution in [0.2, 0.25) is 0 Å². The van der Waals surface area contributed by atoms with E-state index in [-0.39, 0.29) is 64.9 Å². The minimum atomic E-state index is -4.12. The van der Waals surface area contributed by atoms with E-state index >= 15 is 4.39 Å². The number of rotatable bonds is 7. The molecule has 3 aliphatic rings. The maximum Gasteiger partial charge on any atom is 0.407 e. The van der Waals surface area contributed by atoms with Gasteiger partial charge >= 0.3 is 6.09 Å². The summed E-state index contributed by atoms with van der Waals surface area (Å²) in [4.78, 5) is 38.6. The standard InChI is InChI=1S/C29H31FN4O6S/c1-17-23(13-20(14-25(17)30)27(35)31-21-5-6-21)19-4-7-22-24(12-19)26(16-33(28(22)36)15-18-2-3-18)41(39,40)34-10-8-32(9-11-34)29(37)38/h4,7,12-14,16,18,21H,2-3,5-6,8-11,15H2,1H3,(H,31,35)(H,37,38). The van der Waals surface area contributed by atoms with Crippen LogP contribution in [0.25, 0.3) is 21.9 Å². The average Bonchev–Trinajstić information content (AvgIpc) is 3.89. The number of amides is 2. The summed E-state index contributed by atoms with van der Waals surface area (Å²) >= 11 is 0. The third kappa shape index (κ3) is 5.33. The van der Waals surface area contributed by atoms with Gasteiger partial charge in [0.2, 0.25) is 10.0 Å². The van der Waals surface area contributed by atoms with Crippen LogP contribution in [-0.4, -0.2) is 71.5 Å². The average molecular weight is 583 g/mol. The molecular formula is C29H31FN4O6S. The highest BCUT2D eigenvalue weighted by Crippen LogP contribution is 2.34. The van der Waals surface area contributed by atoms with E-state index in [9.17, 15) is 27.9 Å². The number of sulfonamides is 1. The third-order valence-corrected chi connectivity index (χ3v) is 10.1. The summed E-state index contributed by atoms with van der Waals surface area (Å²) in [6, 6.07) is 7.66. The minimum Gasteiger partial charge on any atom is -0.465 e. The zero-order valence-electron chi connectivity index (χ0n) is 22.6. The molecule has 2 N–H and O–H groups in total. The number of piperazine rings is 1. The molecule has 2 aliphatic carbocycles. The van der Waals surface area contributed by atoms with Crippen LogP contribution in [0.4, 0.5) is 9.18 Å². The quantitative estimate of drug-likeness (QED) is 0.440. The Labute approximate surface area is 236 Å². The fourth-order valence-electron chi connectivity index (χ4n) is 5.31. The third-order valence-electron chi connectivity index (χ3n) is 8.16. The maximum absolute atomic E-state index is 15.0. The number of aromatic nitrogens is 1. The Hall–Kier alpha value is -3.77. The monoisotopic (exact) mass is 582 g/mol. The first-order valence-corrected chi connectivity index (χ1v) is 15.2. The first kappa shape index (κ1) is 27.4. The van der Waals surface area contributed by atoms with Crippen molar-refractivity contribution in [3.05, 3.63) is 63.8 Å². The molecule has 0 atom stereocenters. The molecule has 12 heteroatoms. The van der Waals surface area contributed by atoms with E-state index in [1.165, 1.54) is 26.0 Å². The lowest BCUT2D eigenvalue weighted by atomic mass is 9.95. The van der Waals surface area contributed by atoms with Crippen LogP contribution in [0.5, 0.6) is 0 Å². The second-order valence-electron chi connectivity index (χ2n) is 11.2. The predicted molar refractivity (Wildman–Crippen MR) is 150 cm³/mol. The van der Waals surface area contributed by atoms with Crippen molar-refractivity contribution >= 4 is 32.8 Å². The summed E-state index contributed by atoms with van der Waals surface area (Å²) in [6.45, 7) is 2.04. The number of fused-ring (bicyclic) bond motifs is 1. The molecule has 3 fully saturated rings. The Morgan fingerprint density at radius 3 is 2.37 bits per heavy atom. The number of hydrogen-bond acceptors (Lipinski definition) is 5. The van der Waals surface area contributed by atoms with Crippen molar-refractivity contribution in [2.75, 3.05) is 26.2 Å². The summed E-state index contributed by atoms with van der Waals surface area (Å²) in [5.74, 6) is -0.623. The molecule has 0 bridgehead atoms. The first-order valence-electron chi connectivity index (χ1n) is 13.8. The van der Waals surface area contributed by atoms with Gasteiger partial charge in [0.15, 0.2) is 0 Å². The number of nitrogens with one attached hydrogen (secondary N) is 1. The Balaban J connectivity index is 1.47. The first-order chi connectivity index (χ1) is 19.5. The van der Waals surface area contributed by atoms with E-state index in [2.05, 4.69) is 5.32 Å². The van der Waals surface area contributed by atoms with Gasteiger partial charge in [-0.15, -0.1) is 0 Å². The van der Waals surface area contributed by atoms with Crippen molar-refractivity contribution < 1.29 is 27.5 Å². The van der Waals surface area contributed by atoms with Crippen molar-refractivity contribution in [1.29, 1.82) is 0 Å². The van der Waals surface area contributed by atoms with Gasteiger partial charge in [0, 0.05) is 61.3 Å². The highest BCUT2D eigenvalue weighted by Gasteiger charge is 2.33. The summed E-state index contributed by atoms with van der Waals surface area (Å²) in [6.07, 6.45) is 4.00. The molecule has 3 aromatic rings. The number of halogens is 1. The molecule has 2 heterocycles. The molecule has 0 unspecified atom stereocenters. The second-order valence-corrected chi connectivity index (χ2v) is 13.1. The van der Waals surface area contributed by atoms with Crippen LogP contribution >= 0.6 is 0 Å². The van der Waals surface area contributed by atoms with E-state index in [0.717, 1.165) is 25.7 Å². The minimum absolute atomic E-state index is 0.0139. The number of carbonyl (C=O) groups excluding carboxylic acids is 1. The molecule has 2 amide bonds. The smallest absolute Gasteiger partial charge is 0.407 e. The molecular weight excluding hydrogens is 551 g/mol. The molecule has 2 saturated carbocycles. The van der Waals surface area contributed by atoms with Gasteiger partial charge in [0.1, 0.15) is 10.7 Å². The molecule has 2 aromatic carbocycles. The van der Waals surface area contributed by atoms with Crippen LogP contribution in [0.3, 0.4) is 0 Å². The van der Waals surface area contributed by atoms with Gasteiger partial charge in [-0.3, -0.25) is 9.59 Å². The number of carboxylic acid groups (broad SMARTS) is 1. The topological polar surface area (TPSA) is 129 Å². The van der Waals surface area contributed by atoms with Crippen LogP contribution in [0.1, 0.15) is 41.6 Å². The van der Waals surface area contributed by atoms with Crippen molar-refractivity contribution in [3.63, 3.8) is 0 Å². The lowest BCUT2D eigenvalue weighted by Gasteiger charge is -2.32. The van der Waals surface area contributed by atoms with Crippen LogP contribution < -0.4 is 10.9 Å². The molecule has 0 spiro atoms. The molecule has 1 saturated heterocycles. The van der Waals surface area contributed by atoms with Crippen molar-refractivity contribution in [1.82, 2.24) is 19.1 Å². The fourth-order valence-corrected chi connectivity index (χ4v) is 6.94. The largest absolute Gasteiger partial charge is 0.465 e. The number of benzene rings is 2. The Morgan fingerprint density at radius 2 is 1.73 bits per heavy atom. The lowest BCUT2D eigenvalue weighted by molar-refractivity contribution is 0.0950. The van der Waals surface area contributed by atoms with Crippen LogP contribution in [-0.2, 0) is 16.6 Å². The van der Waals surface area contributed by atoms with Gasteiger partial charge in [0.05, 0.1) is 0 Å². The molecule has 10 nitrogen and oxygen atoms in total. The van der Waals surface area contributed by atoms with Gasteiger partial charge in [0.25, 0.3) is 11.5 Å². The molecule has 1 aromatic heterocycles. The van der Waals surface area contributed by atoms with Crippen molar-refractivity contribution in [3.8, 4) is 11.1 Å². The molecule has 216 valence electrons. The highest BCUT2D eigenvalue weighted by atomic mass is 32.2. The van der Waals surface area contributed by atoms with Gasteiger partial charge < -0.3 is 19.9 Å². The number of pyridine rings is 1. The van der Waals surface area contributed by atoms with Crippen LogP contribution in [0, 0.1) is 18.7 Å². The zero-order chi connectivity index (χ0) is 29.1. The van der Waals surface area contributed by atoms with Crippen molar-refractivity contribution in [2.24, 2.45) is 5.92 Å². The molecule has 1 aliphatic heterocycles. The van der Waals surface area contributed by atoms with E-state index in [4.69, 9.17) is 0 Å². The Bertz CT molecular complexity index is 1740. The second kappa shape index (κ2) is 10.3. The van der Waals surface area contributed by atoms with Crippen molar-refractivity contribution in [2.45, 2.75) is 50.1 Å². The fraction of sp³-hybridized carbons (Fsp3) is 0.414. The van der Waals surface area contributed by atoms with E-state index in [1.807, 2.05) is 0 Å². The van der Waals surface area contributed by atoms with Gasteiger partial charge in [-0.2, -0.15) is 4.31 Å². The highest BCUT2D eigenvalue weighted by molar-refractivity contribution is 7.89. The van der Waals surface area contributed by atoms with E-state index < -0.39 is 21.9 Å². The SMILES string of the molecule is Cc1c(F)cc(C(=O)NC2CC2)cc1-c1ccc2c(=O)n(CC3CC3)cc(S(=O)(=O)N3CCN(C(=O)O)CC3)c2c1. The molecule has 0 radical (unpaired) electrons. The Morgan fingerprint density at radius 1 is 1.02 bits per heavy atom. The summed E-state index contributed by atoms with van der Waals surface area (Å²) < 4.78 is 45.7. The maximum atomic E-state index is 15.0. The predicted octanol–water partition coefficient (Wildman–Crippen LogP) is 3.40. The lowest BCUT2D eigenvalue weighted by Crippen LogP contribution is -2.50. The van der Waals surface area contributed by atoms with E-state index in [0.29, 0.717) is 29.2 Å². The van der Waals surface area contributed by atoms with Gasteiger partial charge in [-0.05, 0) is 79.5 Å². The van der Waals surface area contributed by atoms with Gasteiger partial charge in [-0.1, -0.05) is 6.07 Å². The number of carbonyl (C=O) groups is 2. The number of nitrogens with zero attached hydrogens (tertiary/aromatic N) is 3.